The van der Waals surface area contributed by atoms with E-state index >= 15 is 0 Å². The molecule has 0 aromatic heterocycles. The van der Waals surface area contributed by atoms with E-state index in [1.54, 1.807) is 13.2 Å². The molecule has 0 radical (unpaired) electrons. The van der Waals surface area contributed by atoms with Gasteiger partial charge in [0.2, 0.25) is 0 Å². The summed E-state index contributed by atoms with van der Waals surface area (Å²) in [6.45, 7) is 5.15. The highest BCUT2D eigenvalue weighted by molar-refractivity contribution is 5.30. The van der Waals surface area contributed by atoms with Gasteiger partial charge >= 0.3 is 0 Å². The molecule has 0 saturated heterocycles. The van der Waals surface area contributed by atoms with E-state index < -0.39 is 0 Å². The summed E-state index contributed by atoms with van der Waals surface area (Å²) >= 11 is 0. The lowest BCUT2D eigenvalue weighted by atomic mass is 9.74. The van der Waals surface area contributed by atoms with Gasteiger partial charge in [-0.15, -0.1) is 0 Å². The molecule has 0 bridgehead atoms. The van der Waals surface area contributed by atoms with Gasteiger partial charge in [-0.2, -0.15) is 0 Å². The molecule has 1 N–H and O–H groups in total. The largest absolute Gasteiger partial charge is 0.378 e. The van der Waals surface area contributed by atoms with Crippen molar-refractivity contribution < 1.29 is 9.13 Å². The third-order valence-corrected chi connectivity index (χ3v) is 4.53. The van der Waals surface area contributed by atoms with Crippen molar-refractivity contribution in [2.75, 3.05) is 13.7 Å². The first kappa shape index (κ1) is 15.5. The lowest BCUT2D eigenvalue weighted by molar-refractivity contribution is -0.0838. The van der Waals surface area contributed by atoms with Crippen LogP contribution in [0.3, 0.4) is 0 Å². The minimum absolute atomic E-state index is 0.00976. The van der Waals surface area contributed by atoms with Crippen molar-refractivity contribution in [2.45, 2.75) is 57.6 Å². The van der Waals surface area contributed by atoms with Crippen molar-refractivity contribution in [1.82, 2.24) is 5.32 Å². The Morgan fingerprint density at radius 2 is 2.15 bits per heavy atom. The number of halogens is 1. The standard InChI is InChI=1S/C17H26FNO/c1-4-10-19-16(12-17(20-3)8-5-9-17)15-11-14(18)7-6-13(15)2/h6-7,11,16,19H,4-5,8-10,12H2,1-3H3. The molecule has 112 valence electrons. The topological polar surface area (TPSA) is 21.3 Å². The monoisotopic (exact) mass is 279 g/mol. The molecule has 1 aromatic carbocycles. The predicted octanol–water partition coefficient (Wildman–Crippen LogP) is 4.13. The van der Waals surface area contributed by atoms with Crippen LogP contribution in [0.25, 0.3) is 0 Å². The van der Waals surface area contributed by atoms with Crippen LogP contribution in [0.5, 0.6) is 0 Å². The maximum absolute atomic E-state index is 13.6. The van der Waals surface area contributed by atoms with Crippen LogP contribution in [0.1, 0.15) is 56.2 Å². The number of aryl methyl sites for hydroxylation is 1. The van der Waals surface area contributed by atoms with Gasteiger partial charge in [0.25, 0.3) is 0 Å². The highest BCUT2D eigenvalue weighted by Gasteiger charge is 2.39. The molecule has 0 aliphatic heterocycles. The van der Waals surface area contributed by atoms with Gasteiger partial charge in [-0.3, -0.25) is 0 Å². The quantitative estimate of drug-likeness (QED) is 0.810. The normalized spacial score (nSPS) is 18.6. The summed E-state index contributed by atoms with van der Waals surface area (Å²) < 4.78 is 19.3. The van der Waals surface area contributed by atoms with Crippen molar-refractivity contribution >= 4 is 0 Å². The molecule has 2 rings (SSSR count). The maximum Gasteiger partial charge on any atom is 0.123 e. The summed E-state index contributed by atoms with van der Waals surface area (Å²) in [5.74, 6) is -0.158. The molecule has 1 fully saturated rings. The van der Waals surface area contributed by atoms with Gasteiger partial charge in [0, 0.05) is 13.2 Å². The van der Waals surface area contributed by atoms with Crippen LogP contribution in [-0.4, -0.2) is 19.3 Å². The molecular weight excluding hydrogens is 253 g/mol. The van der Waals surface area contributed by atoms with Gasteiger partial charge in [0.05, 0.1) is 5.60 Å². The molecule has 1 aliphatic carbocycles. The number of benzene rings is 1. The Hall–Kier alpha value is -0.930. The number of methoxy groups -OCH3 is 1. The number of rotatable bonds is 7. The highest BCUT2D eigenvalue weighted by Crippen LogP contribution is 2.42. The van der Waals surface area contributed by atoms with E-state index in [-0.39, 0.29) is 17.5 Å². The Kier molecular flexibility index (Phi) is 5.17. The first-order chi connectivity index (χ1) is 9.60. The SMILES string of the molecule is CCCNC(CC1(OC)CCC1)c1cc(F)ccc1C. The van der Waals surface area contributed by atoms with Crippen molar-refractivity contribution in [2.24, 2.45) is 0 Å². The zero-order chi connectivity index (χ0) is 14.6. The van der Waals surface area contributed by atoms with E-state index in [2.05, 4.69) is 19.2 Å². The summed E-state index contributed by atoms with van der Waals surface area (Å²) in [6, 6.07) is 5.24. The molecule has 20 heavy (non-hydrogen) atoms. The Morgan fingerprint density at radius 1 is 1.40 bits per heavy atom. The van der Waals surface area contributed by atoms with Gasteiger partial charge < -0.3 is 10.1 Å². The van der Waals surface area contributed by atoms with E-state index in [9.17, 15) is 4.39 Å². The molecule has 0 amide bonds. The first-order valence-electron chi connectivity index (χ1n) is 7.65. The lowest BCUT2D eigenvalue weighted by Gasteiger charge is -2.43. The van der Waals surface area contributed by atoms with Crippen molar-refractivity contribution in [3.8, 4) is 0 Å². The molecule has 1 aliphatic rings. The van der Waals surface area contributed by atoms with E-state index in [0.717, 1.165) is 43.4 Å². The summed E-state index contributed by atoms with van der Waals surface area (Å²) in [5.41, 5.74) is 2.21. The summed E-state index contributed by atoms with van der Waals surface area (Å²) in [5, 5.41) is 3.57. The van der Waals surface area contributed by atoms with Crippen LogP contribution < -0.4 is 5.32 Å². The molecule has 2 nitrogen and oxygen atoms in total. The minimum atomic E-state index is -0.158. The van der Waals surface area contributed by atoms with Gasteiger partial charge in [-0.25, -0.2) is 4.39 Å². The fraction of sp³-hybridized carbons (Fsp3) is 0.647. The van der Waals surface area contributed by atoms with Crippen LogP contribution in [0, 0.1) is 12.7 Å². The molecule has 3 heteroatoms. The zero-order valence-electron chi connectivity index (χ0n) is 12.8. The second-order valence-corrected chi connectivity index (χ2v) is 5.95. The van der Waals surface area contributed by atoms with Crippen LogP contribution in [0.4, 0.5) is 4.39 Å². The van der Waals surface area contributed by atoms with Crippen LogP contribution in [0.15, 0.2) is 18.2 Å². The first-order valence-corrected chi connectivity index (χ1v) is 7.65. The summed E-state index contributed by atoms with van der Waals surface area (Å²) in [7, 11) is 1.80. The van der Waals surface area contributed by atoms with Crippen molar-refractivity contribution in [3.05, 3.63) is 35.1 Å². The fourth-order valence-electron chi connectivity index (χ4n) is 3.03. The van der Waals surface area contributed by atoms with E-state index in [0.29, 0.717) is 0 Å². The number of ether oxygens (including phenoxy) is 1. The average molecular weight is 279 g/mol. The molecule has 1 aromatic rings. The summed E-state index contributed by atoms with van der Waals surface area (Å²) in [4.78, 5) is 0. The smallest absolute Gasteiger partial charge is 0.123 e. The van der Waals surface area contributed by atoms with E-state index in [1.165, 1.54) is 12.5 Å². The van der Waals surface area contributed by atoms with E-state index in [1.807, 2.05) is 6.07 Å². The van der Waals surface area contributed by atoms with Crippen LogP contribution >= 0.6 is 0 Å². The van der Waals surface area contributed by atoms with Gasteiger partial charge in [0.1, 0.15) is 5.82 Å². The fourth-order valence-corrected chi connectivity index (χ4v) is 3.03. The molecule has 0 heterocycles. The van der Waals surface area contributed by atoms with Crippen LogP contribution in [-0.2, 0) is 4.74 Å². The molecule has 1 saturated carbocycles. The Bertz CT molecular complexity index is 437. The third kappa shape index (κ3) is 3.39. The highest BCUT2D eigenvalue weighted by atomic mass is 19.1. The van der Waals surface area contributed by atoms with Gasteiger partial charge in [0.15, 0.2) is 0 Å². The van der Waals surface area contributed by atoms with Crippen molar-refractivity contribution in [3.63, 3.8) is 0 Å². The second kappa shape index (κ2) is 6.68. The summed E-state index contributed by atoms with van der Waals surface area (Å²) in [6.07, 6.45) is 5.46. The zero-order valence-corrected chi connectivity index (χ0v) is 12.8. The van der Waals surface area contributed by atoms with Crippen molar-refractivity contribution in [1.29, 1.82) is 0 Å². The Morgan fingerprint density at radius 3 is 2.70 bits per heavy atom. The van der Waals surface area contributed by atoms with E-state index in [4.69, 9.17) is 4.74 Å². The Balaban J connectivity index is 2.20. The minimum Gasteiger partial charge on any atom is -0.378 e. The average Bonchev–Trinajstić information content (AvgIpc) is 2.40. The molecule has 1 unspecified atom stereocenters. The molecule has 1 atom stereocenters. The second-order valence-electron chi connectivity index (χ2n) is 5.95. The lowest BCUT2D eigenvalue weighted by Crippen LogP contribution is -2.43. The van der Waals surface area contributed by atoms with Crippen LogP contribution in [0.2, 0.25) is 0 Å². The Labute approximate surface area is 121 Å². The molecule has 0 spiro atoms. The number of hydrogen-bond donors (Lipinski definition) is 1. The number of hydrogen-bond acceptors (Lipinski definition) is 2. The van der Waals surface area contributed by atoms with Gasteiger partial charge in [-0.05, 0) is 68.8 Å². The number of nitrogens with one attached hydrogen (secondary N) is 1. The third-order valence-electron chi connectivity index (χ3n) is 4.53. The van der Waals surface area contributed by atoms with Gasteiger partial charge in [-0.1, -0.05) is 13.0 Å². The predicted molar refractivity (Wildman–Crippen MR) is 80.4 cm³/mol. The maximum atomic E-state index is 13.6. The molecular formula is C17H26FNO.